The van der Waals surface area contributed by atoms with E-state index >= 15 is 0 Å². The monoisotopic (exact) mass is 414 g/mol. The van der Waals surface area contributed by atoms with Crippen molar-refractivity contribution in [3.8, 4) is 11.5 Å². The summed E-state index contributed by atoms with van der Waals surface area (Å²) in [6.45, 7) is 0.291. The molecule has 0 bridgehead atoms. The molecule has 2 amide bonds. The van der Waals surface area contributed by atoms with Gasteiger partial charge in [0.25, 0.3) is 5.91 Å². The fraction of sp³-hybridized carbons (Fsp3) is 0.0476. The van der Waals surface area contributed by atoms with Gasteiger partial charge in [0.1, 0.15) is 11.5 Å². The van der Waals surface area contributed by atoms with Crippen LogP contribution >= 0.6 is 23.2 Å². The lowest BCUT2D eigenvalue weighted by Gasteiger charge is -2.09. The standard InChI is InChI=1S/C21H16Cl2N2O3/c22-16-6-1-15(19(23)11-16)12-25-21(27)14-4-9-18(10-5-14)28-17-7-2-13(3-8-17)20(24)26/h1-11H,12H2,(H2,24,26)(H,25,27). The van der Waals surface area contributed by atoms with Gasteiger partial charge in [0, 0.05) is 27.7 Å². The summed E-state index contributed by atoms with van der Waals surface area (Å²) in [5.74, 6) is 0.383. The molecule has 142 valence electrons. The van der Waals surface area contributed by atoms with Crippen LogP contribution < -0.4 is 15.8 Å². The number of amides is 2. The Labute approximate surface area is 172 Å². The smallest absolute Gasteiger partial charge is 0.251 e. The minimum atomic E-state index is -0.498. The first-order valence-corrected chi connectivity index (χ1v) is 9.08. The Morgan fingerprint density at radius 1 is 0.857 bits per heavy atom. The number of hydrogen-bond acceptors (Lipinski definition) is 3. The molecule has 0 fully saturated rings. The second-order valence-electron chi connectivity index (χ2n) is 5.93. The van der Waals surface area contributed by atoms with Crippen LogP contribution in [0.4, 0.5) is 0 Å². The van der Waals surface area contributed by atoms with Crippen molar-refractivity contribution >= 4 is 35.0 Å². The lowest BCUT2D eigenvalue weighted by Crippen LogP contribution is -2.22. The molecule has 0 aromatic heterocycles. The van der Waals surface area contributed by atoms with Gasteiger partial charge in [-0.25, -0.2) is 0 Å². The van der Waals surface area contributed by atoms with Crippen LogP contribution in [0.5, 0.6) is 11.5 Å². The largest absolute Gasteiger partial charge is 0.457 e. The summed E-state index contributed by atoms with van der Waals surface area (Å²) in [6, 6.07) is 18.3. The zero-order valence-electron chi connectivity index (χ0n) is 14.6. The van der Waals surface area contributed by atoms with Crippen LogP contribution in [-0.4, -0.2) is 11.8 Å². The number of ether oxygens (including phenoxy) is 1. The topological polar surface area (TPSA) is 81.4 Å². The zero-order chi connectivity index (χ0) is 20.1. The molecule has 0 heterocycles. The van der Waals surface area contributed by atoms with Gasteiger partial charge < -0.3 is 15.8 Å². The van der Waals surface area contributed by atoms with Crippen molar-refractivity contribution in [3.63, 3.8) is 0 Å². The van der Waals surface area contributed by atoms with Gasteiger partial charge in [-0.2, -0.15) is 0 Å². The van der Waals surface area contributed by atoms with Gasteiger partial charge >= 0.3 is 0 Å². The molecular formula is C21H16Cl2N2O3. The van der Waals surface area contributed by atoms with E-state index in [2.05, 4.69) is 5.32 Å². The summed E-state index contributed by atoms with van der Waals surface area (Å²) in [5.41, 5.74) is 6.87. The molecule has 7 heteroatoms. The van der Waals surface area contributed by atoms with E-state index < -0.39 is 5.91 Å². The number of hydrogen-bond donors (Lipinski definition) is 2. The summed E-state index contributed by atoms with van der Waals surface area (Å²) in [5, 5.41) is 3.85. The average Bonchev–Trinajstić information content (AvgIpc) is 2.68. The lowest BCUT2D eigenvalue weighted by atomic mass is 10.2. The first-order valence-electron chi connectivity index (χ1n) is 8.32. The lowest BCUT2D eigenvalue weighted by molar-refractivity contribution is 0.0949. The fourth-order valence-corrected chi connectivity index (χ4v) is 2.92. The zero-order valence-corrected chi connectivity index (χ0v) is 16.1. The van der Waals surface area contributed by atoms with Crippen molar-refractivity contribution in [2.24, 2.45) is 5.73 Å². The Hall–Kier alpha value is -3.02. The van der Waals surface area contributed by atoms with Crippen LogP contribution in [0.25, 0.3) is 0 Å². The first kappa shape index (κ1) is 19.7. The van der Waals surface area contributed by atoms with E-state index in [1.807, 2.05) is 0 Å². The van der Waals surface area contributed by atoms with Gasteiger partial charge in [0.15, 0.2) is 0 Å². The van der Waals surface area contributed by atoms with Crippen LogP contribution in [0.1, 0.15) is 26.3 Å². The molecule has 0 saturated heterocycles. The highest BCUT2D eigenvalue weighted by molar-refractivity contribution is 6.35. The number of carbonyl (C=O) groups excluding carboxylic acids is 2. The highest BCUT2D eigenvalue weighted by Crippen LogP contribution is 2.23. The van der Waals surface area contributed by atoms with E-state index in [1.54, 1.807) is 66.7 Å². The Balaban J connectivity index is 1.60. The van der Waals surface area contributed by atoms with Crippen molar-refractivity contribution in [2.75, 3.05) is 0 Å². The molecule has 0 aliphatic heterocycles. The number of halogens is 2. The van der Waals surface area contributed by atoms with Gasteiger partial charge in [0.2, 0.25) is 5.91 Å². The van der Waals surface area contributed by atoms with E-state index in [9.17, 15) is 9.59 Å². The minimum Gasteiger partial charge on any atom is -0.457 e. The minimum absolute atomic E-state index is 0.233. The van der Waals surface area contributed by atoms with Gasteiger partial charge in [-0.15, -0.1) is 0 Å². The number of nitrogens with one attached hydrogen (secondary N) is 1. The predicted octanol–water partition coefficient (Wildman–Crippen LogP) is 4.81. The van der Waals surface area contributed by atoms with E-state index in [0.717, 1.165) is 5.56 Å². The molecule has 0 saturated carbocycles. The van der Waals surface area contributed by atoms with E-state index in [0.29, 0.717) is 39.2 Å². The Morgan fingerprint density at radius 2 is 1.43 bits per heavy atom. The van der Waals surface area contributed by atoms with E-state index in [1.165, 1.54) is 0 Å². The molecule has 0 radical (unpaired) electrons. The van der Waals surface area contributed by atoms with Crippen molar-refractivity contribution in [3.05, 3.63) is 93.5 Å². The number of carbonyl (C=O) groups is 2. The Morgan fingerprint density at radius 3 is 1.96 bits per heavy atom. The summed E-state index contributed by atoms with van der Waals surface area (Å²) >= 11 is 12.0. The highest BCUT2D eigenvalue weighted by Gasteiger charge is 2.08. The fourth-order valence-electron chi connectivity index (χ4n) is 2.44. The normalized spacial score (nSPS) is 10.4. The van der Waals surface area contributed by atoms with Gasteiger partial charge in [-0.05, 0) is 66.2 Å². The van der Waals surface area contributed by atoms with Gasteiger partial charge in [-0.1, -0.05) is 29.3 Å². The molecule has 5 nitrogen and oxygen atoms in total. The quantitative estimate of drug-likeness (QED) is 0.606. The van der Waals surface area contributed by atoms with Gasteiger partial charge in [-0.3, -0.25) is 9.59 Å². The second kappa shape index (κ2) is 8.78. The first-order chi connectivity index (χ1) is 13.4. The van der Waals surface area contributed by atoms with E-state index in [-0.39, 0.29) is 5.91 Å². The summed E-state index contributed by atoms with van der Waals surface area (Å²) in [6.07, 6.45) is 0. The SMILES string of the molecule is NC(=O)c1ccc(Oc2ccc(C(=O)NCc3ccc(Cl)cc3Cl)cc2)cc1. The van der Waals surface area contributed by atoms with Crippen molar-refractivity contribution < 1.29 is 14.3 Å². The number of primary amides is 1. The highest BCUT2D eigenvalue weighted by atomic mass is 35.5. The predicted molar refractivity (Wildman–Crippen MR) is 109 cm³/mol. The Kier molecular flexibility index (Phi) is 6.19. The maximum absolute atomic E-state index is 12.3. The molecule has 3 N–H and O–H groups in total. The van der Waals surface area contributed by atoms with Gasteiger partial charge in [0.05, 0.1) is 0 Å². The molecule has 0 spiro atoms. The van der Waals surface area contributed by atoms with Crippen molar-refractivity contribution in [1.82, 2.24) is 5.32 Å². The van der Waals surface area contributed by atoms with Crippen molar-refractivity contribution in [1.29, 1.82) is 0 Å². The molecule has 3 aromatic carbocycles. The molecule has 3 aromatic rings. The second-order valence-corrected chi connectivity index (χ2v) is 6.78. The molecule has 3 rings (SSSR count). The third-order valence-corrected chi connectivity index (χ3v) is 4.53. The number of rotatable bonds is 6. The maximum atomic E-state index is 12.3. The molecule has 0 aliphatic carbocycles. The van der Waals surface area contributed by atoms with Crippen LogP contribution in [0, 0.1) is 0 Å². The Bertz CT molecular complexity index is 1000. The third kappa shape index (κ3) is 5.03. The van der Waals surface area contributed by atoms with E-state index in [4.69, 9.17) is 33.7 Å². The summed E-state index contributed by atoms with van der Waals surface area (Å²) in [7, 11) is 0. The maximum Gasteiger partial charge on any atom is 0.251 e. The number of benzene rings is 3. The number of nitrogens with two attached hydrogens (primary N) is 1. The van der Waals surface area contributed by atoms with Crippen LogP contribution in [-0.2, 0) is 6.54 Å². The van der Waals surface area contributed by atoms with Crippen LogP contribution in [0.3, 0.4) is 0 Å². The van der Waals surface area contributed by atoms with Crippen LogP contribution in [0.2, 0.25) is 10.0 Å². The molecule has 0 unspecified atom stereocenters. The molecule has 0 aliphatic rings. The summed E-state index contributed by atoms with van der Waals surface area (Å²) < 4.78 is 5.69. The average molecular weight is 415 g/mol. The molecule has 28 heavy (non-hydrogen) atoms. The molecular weight excluding hydrogens is 399 g/mol. The van der Waals surface area contributed by atoms with Crippen molar-refractivity contribution in [2.45, 2.75) is 6.54 Å². The molecule has 0 atom stereocenters. The third-order valence-electron chi connectivity index (χ3n) is 3.95. The summed E-state index contributed by atoms with van der Waals surface area (Å²) in [4.78, 5) is 23.4. The van der Waals surface area contributed by atoms with Crippen LogP contribution in [0.15, 0.2) is 66.7 Å².